The molecule has 0 spiro atoms. The summed E-state index contributed by atoms with van der Waals surface area (Å²) in [7, 11) is 0. The lowest BCUT2D eigenvalue weighted by Gasteiger charge is -2.08. The third-order valence-electron chi connectivity index (χ3n) is 1.95. The Morgan fingerprint density at radius 3 is 2.44 bits per heavy atom. The summed E-state index contributed by atoms with van der Waals surface area (Å²) in [6.07, 6.45) is 4.84. The number of hydrogen-bond donors (Lipinski definition) is 0. The summed E-state index contributed by atoms with van der Waals surface area (Å²) in [4.78, 5) is 0. The van der Waals surface area contributed by atoms with Gasteiger partial charge in [0.05, 0.1) is 0 Å². The van der Waals surface area contributed by atoms with Crippen LogP contribution in [0, 0.1) is 5.92 Å². The smallest absolute Gasteiger partial charge is 0.0235 e. The van der Waals surface area contributed by atoms with Gasteiger partial charge in [0.1, 0.15) is 0 Å². The van der Waals surface area contributed by atoms with Crippen molar-refractivity contribution in [2.75, 3.05) is 0 Å². The standard InChI is InChI=1S/C9H18/c1-5-7-9(4)8(3)6-2/h6,9H,5,7H2,1-4H3/b8-6+. The molecule has 0 radical (unpaired) electrons. The van der Waals surface area contributed by atoms with Gasteiger partial charge in [0.2, 0.25) is 0 Å². The molecule has 0 heterocycles. The normalized spacial score (nSPS) is 15.8. The first kappa shape index (κ1) is 8.74. The molecule has 0 aromatic carbocycles. The molecule has 0 bridgehead atoms. The van der Waals surface area contributed by atoms with Crippen molar-refractivity contribution in [2.24, 2.45) is 5.92 Å². The molecule has 1 atom stereocenters. The van der Waals surface area contributed by atoms with Crippen molar-refractivity contribution in [1.82, 2.24) is 0 Å². The Balaban J connectivity index is 3.59. The fraction of sp³-hybridized carbons (Fsp3) is 0.778. The van der Waals surface area contributed by atoms with Crippen molar-refractivity contribution in [1.29, 1.82) is 0 Å². The van der Waals surface area contributed by atoms with Gasteiger partial charge in [0, 0.05) is 0 Å². The lowest BCUT2D eigenvalue weighted by Crippen LogP contribution is -1.94. The first-order valence-electron chi connectivity index (χ1n) is 3.85. The summed E-state index contributed by atoms with van der Waals surface area (Å²) in [6, 6.07) is 0. The average molecular weight is 126 g/mol. The Morgan fingerprint density at radius 1 is 1.56 bits per heavy atom. The van der Waals surface area contributed by atoms with Crippen LogP contribution >= 0.6 is 0 Å². The SMILES string of the molecule is C/C=C(\C)C(C)CCC. The molecular weight excluding hydrogens is 108 g/mol. The van der Waals surface area contributed by atoms with Gasteiger partial charge >= 0.3 is 0 Å². The molecule has 0 heteroatoms. The second-order valence-electron chi connectivity index (χ2n) is 2.72. The second-order valence-corrected chi connectivity index (χ2v) is 2.72. The van der Waals surface area contributed by atoms with Crippen LogP contribution in [-0.2, 0) is 0 Å². The van der Waals surface area contributed by atoms with Gasteiger partial charge in [-0.3, -0.25) is 0 Å². The van der Waals surface area contributed by atoms with Crippen molar-refractivity contribution in [3.05, 3.63) is 11.6 Å². The summed E-state index contributed by atoms with van der Waals surface area (Å²) in [5.41, 5.74) is 1.52. The predicted octanol–water partition coefficient (Wildman–Crippen LogP) is 3.39. The number of allylic oxidation sites excluding steroid dienone is 2. The highest BCUT2D eigenvalue weighted by atomic mass is 14.0. The van der Waals surface area contributed by atoms with Crippen molar-refractivity contribution in [3.63, 3.8) is 0 Å². The molecule has 54 valence electrons. The molecule has 0 aliphatic carbocycles. The zero-order valence-corrected chi connectivity index (χ0v) is 7.07. The maximum Gasteiger partial charge on any atom is -0.0235 e. The minimum Gasteiger partial charge on any atom is -0.0885 e. The maximum absolute atomic E-state index is 2.29. The van der Waals surface area contributed by atoms with E-state index >= 15 is 0 Å². The molecule has 0 saturated heterocycles. The second kappa shape index (κ2) is 4.60. The Kier molecular flexibility index (Phi) is 4.47. The van der Waals surface area contributed by atoms with Crippen molar-refractivity contribution in [3.8, 4) is 0 Å². The van der Waals surface area contributed by atoms with Crippen LogP contribution < -0.4 is 0 Å². The highest BCUT2D eigenvalue weighted by Gasteiger charge is 1.99. The summed E-state index contributed by atoms with van der Waals surface area (Å²) >= 11 is 0. The van der Waals surface area contributed by atoms with Crippen LogP contribution in [0.4, 0.5) is 0 Å². The first-order chi connectivity index (χ1) is 4.22. The molecule has 0 rings (SSSR count). The monoisotopic (exact) mass is 126 g/mol. The highest BCUT2D eigenvalue weighted by Crippen LogP contribution is 2.14. The van der Waals surface area contributed by atoms with E-state index in [1.54, 1.807) is 0 Å². The molecule has 0 aliphatic heterocycles. The Hall–Kier alpha value is -0.260. The van der Waals surface area contributed by atoms with Crippen LogP contribution in [0.1, 0.15) is 40.5 Å². The van der Waals surface area contributed by atoms with Crippen molar-refractivity contribution >= 4 is 0 Å². The Bertz CT molecular complexity index is 90.2. The predicted molar refractivity (Wildman–Crippen MR) is 43.5 cm³/mol. The molecule has 0 amide bonds. The topological polar surface area (TPSA) is 0 Å². The van der Waals surface area contributed by atoms with E-state index in [9.17, 15) is 0 Å². The lowest BCUT2D eigenvalue weighted by atomic mass is 9.98. The molecule has 9 heavy (non-hydrogen) atoms. The fourth-order valence-electron chi connectivity index (χ4n) is 0.945. The largest absolute Gasteiger partial charge is 0.0885 e. The molecular formula is C9H18. The average Bonchev–Trinajstić information content (AvgIpc) is 1.87. The molecule has 0 fully saturated rings. The summed E-state index contributed by atoms with van der Waals surface area (Å²) in [5, 5.41) is 0. The van der Waals surface area contributed by atoms with Gasteiger partial charge in [-0.15, -0.1) is 0 Å². The van der Waals surface area contributed by atoms with Crippen LogP contribution in [0.2, 0.25) is 0 Å². The van der Waals surface area contributed by atoms with E-state index in [0.29, 0.717) is 0 Å². The molecule has 0 aromatic heterocycles. The van der Waals surface area contributed by atoms with Crippen LogP contribution in [0.5, 0.6) is 0 Å². The van der Waals surface area contributed by atoms with Gasteiger partial charge in [0.25, 0.3) is 0 Å². The van der Waals surface area contributed by atoms with Gasteiger partial charge in [-0.05, 0) is 26.2 Å². The van der Waals surface area contributed by atoms with Crippen molar-refractivity contribution in [2.45, 2.75) is 40.5 Å². The molecule has 0 aliphatic rings. The van der Waals surface area contributed by atoms with Gasteiger partial charge in [-0.2, -0.15) is 0 Å². The molecule has 0 N–H and O–H groups in total. The van der Waals surface area contributed by atoms with Gasteiger partial charge in [0.15, 0.2) is 0 Å². The van der Waals surface area contributed by atoms with Gasteiger partial charge in [-0.25, -0.2) is 0 Å². The zero-order chi connectivity index (χ0) is 7.28. The van der Waals surface area contributed by atoms with E-state index in [1.807, 2.05) is 0 Å². The van der Waals surface area contributed by atoms with E-state index in [1.165, 1.54) is 18.4 Å². The molecule has 0 aromatic rings. The first-order valence-corrected chi connectivity index (χ1v) is 3.85. The molecule has 1 unspecified atom stereocenters. The number of rotatable bonds is 3. The van der Waals surface area contributed by atoms with Crippen LogP contribution in [0.15, 0.2) is 11.6 Å². The van der Waals surface area contributed by atoms with Crippen molar-refractivity contribution < 1.29 is 0 Å². The quantitative estimate of drug-likeness (QED) is 0.508. The van der Waals surface area contributed by atoms with E-state index in [4.69, 9.17) is 0 Å². The minimum absolute atomic E-state index is 0.792. The molecule has 0 nitrogen and oxygen atoms in total. The minimum atomic E-state index is 0.792. The third kappa shape index (κ3) is 3.34. The van der Waals surface area contributed by atoms with Crippen LogP contribution in [-0.4, -0.2) is 0 Å². The maximum atomic E-state index is 2.29. The van der Waals surface area contributed by atoms with Gasteiger partial charge in [-0.1, -0.05) is 31.9 Å². The van der Waals surface area contributed by atoms with E-state index < -0.39 is 0 Å². The van der Waals surface area contributed by atoms with Crippen LogP contribution in [0.25, 0.3) is 0 Å². The van der Waals surface area contributed by atoms with Gasteiger partial charge < -0.3 is 0 Å². The Morgan fingerprint density at radius 2 is 2.11 bits per heavy atom. The third-order valence-corrected chi connectivity index (χ3v) is 1.95. The zero-order valence-electron chi connectivity index (χ0n) is 7.07. The Labute approximate surface area is 59.0 Å². The summed E-state index contributed by atoms with van der Waals surface area (Å²) < 4.78 is 0. The lowest BCUT2D eigenvalue weighted by molar-refractivity contribution is 0.601. The summed E-state index contributed by atoms with van der Waals surface area (Å²) in [6.45, 7) is 8.85. The van der Waals surface area contributed by atoms with E-state index in [0.717, 1.165) is 5.92 Å². The summed E-state index contributed by atoms with van der Waals surface area (Å²) in [5.74, 6) is 0.792. The van der Waals surface area contributed by atoms with E-state index in [-0.39, 0.29) is 0 Å². The van der Waals surface area contributed by atoms with E-state index in [2.05, 4.69) is 33.8 Å². The molecule has 0 saturated carbocycles. The number of hydrogen-bond acceptors (Lipinski definition) is 0. The highest BCUT2D eigenvalue weighted by molar-refractivity contribution is 4.99. The fourth-order valence-corrected chi connectivity index (χ4v) is 0.945. The van der Waals surface area contributed by atoms with Crippen LogP contribution in [0.3, 0.4) is 0 Å².